The van der Waals surface area contributed by atoms with Crippen LogP contribution < -0.4 is 34.7 Å². The number of benzene rings is 2. The summed E-state index contributed by atoms with van der Waals surface area (Å²) in [6.07, 6.45) is -3.07. The van der Waals surface area contributed by atoms with Gasteiger partial charge in [-0.2, -0.15) is 5.10 Å². The average molecular weight is 588 g/mol. The Bertz CT molecular complexity index is 1370. The zero-order chi connectivity index (χ0) is 29.7. The molecule has 13 heteroatoms. The van der Waals surface area contributed by atoms with Crippen LogP contribution in [0.25, 0.3) is 5.69 Å². The van der Waals surface area contributed by atoms with Gasteiger partial charge in [0, 0.05) is 48.9 Å². The van der Waals surface area contributed by atoms with E-state index in [-0.39, 0.29) is 66.0 Å². The monoisotopic (exact) mass is 587 g/mol. The Balaban J connectivity index is 0.00000588. The Kier molecular flexibility index (Phi) is 12.5. The van der Waals surface area contributed by atoms with Crippen molar-refractivity contribution in [2.45, 2.75) is 64.2 Å². The molecule has 2 aromatic carbocycles. The van der Waals surface area contributed by atoms with Gasteiger partial charge in [0.1, 0.15) is 11.6 Å². The quantitative estimate of drug-likeness (QED) is 0.175. The van der Waals surface area contributed by atoms with Crippen LogP contribution in [0.4, 0.5) is 17.6 Å². The van der Waals surface area contributed by atoms with Gasteiger partial charge < -0.3 is 25.0 Å². The average Bonchev–Trinajstić information content (AvgIpc) is 3.24. The molecule has 0 radical (unpaired) electrons. The summed E-state index contributed by atoms with van der Waals surface area (Å²) in [7, 11) is 1.33. The minimum Gasteiger partial charge on any atom is -0.550 e. The zero-order valence-electron chi connectivity index (χ0n) is 23.2. The van der Waals surface area contributed by atoms with Crippen molar-refractivity contribution in [1.82, 2.24) is 14.7 Å². The second-order valence-corrected chi connectivity index (χ2v) is 9.93. The molecule has 0 bridgehead atoms. The third-order valence-corrected chi connectivity index (χ3v) is 6.36. The summed E-state index contributed by atoms with van der Waals surface area (Å²) in [4.78, 5) is 25.3. The minimum absolute atomic E-state index is 0. The normalized spacial score (nSPS) is 12.6. The molecule has 0 aliphatic rings. The summed E-state index contributed by atoms with van der Waals surface area (Å²) >= 11 is 0. The number of aromatic nitrogens is 2. The zero-order valence-corrected chi connectivity index (χ0v) is 25.2. The third-order valence-electron chi connectivity index (χ3n) is 6.36. The number of hydrogen-bond donors (Lipinski definition) is 2. The van der Waals surface area contributed by atoms with Crippen LogP contribution in [0, 0.1) is 23.3 Å². The van der Waals surface area contributed by atoms with Gasteiger partial charge in [0.15, 0.2) is 17.3 Å². The molecule has 0 unspecified atom stereocenters. The second-order valence-electron chi connectivity index (χ2n) is 9.93. The van der Waals surface area contributed by atoms with Crippen LogP contribution in [0.15, 0.2) is 36.4 Å². The van der Waals surface area contributed by atoms with E-state index in [0.717, 1.165) is 11.0 Å². The Morgan fingerprint density at radius 1 is 1.02 bits per heavy atom. The number of aliphatic hydroxyl groups is 2. The fraction of sp³-hybridized carbons (Fsp3) is 0.393. The van der Waals surface area contributed by atoms with Gasteiger partial charge in [-0.3, -0.25) is 4.79 Å². The number of carboxylic acid groups (broad SMARTS) is 1. The molecule has 216 valence electrons. The molecule has 3 aromatic rings. The van der Waals surface area contributed by atoms with E-state index in [1.165, 1.54) is 36.0 Å². The molecule has 0 saturated heterocycles. The Morgan fingerprint density at radius 2 is 1.66 bits per heavy atom. The van der Waals surface area contributed by atoms with Crippen molar-refractivity contribution >= 4 is 11.9 Å². The van der Waals surface area contributed by atoms with Crippen LogP contribution in [0.3, 0.4) is 0 Å². The van der Waals surface area contributed by atoms with Crippen LogP contribution in [0.5, 0.6) is 0 Å². The molecule has 3 rings (SSSR count). The molecule has 0 aliphatic heterocycles. The van der Waals surface area contributed by atoms with Gasteiger partial charge in [-0.1, -0.05) is 13.8 Å². The standard InChI is InChI=1S/C28H31F4N3O5.Na/c1-15(2)25-23(9-8-20(36)12-21(37)13-24(38)39)35(19-6-4-17(29)5-7-19)33-27(25)28(40)34(3)14-16-10-18(30)11-22(31)26(16)32;/h4-7,10-11,15,20-21,36-37H,8-9,12-14H2,1-3H3,(H,38,39);/q;+1/p-1/t20-,21-;/m1./s1. The van der Waals surface area contributed by atoms with Crippen LogP contribution in [0.2, 0.25) is 0 Å². The minimum atomic E-state index is -1.45. The Hall–Kier alpha value is -2.77. The number of hydrogen-bond acceptors (Lipinski definition) is 6. The first kappa shape index (κ1) is 34.4. The van der Waals surface area contributed by atoms with Gasteiger partial charge in [0.25, 0.3) is 5.91 Å². The Labute approximate surface area is 256 Å². The van der Waals surface area contributed by atoms with Gasteiger partial charge in [0.05, 0.1) is 17.9 Å². The van der Waals surface area contributed by atoms with Crippen molar-refractivity contribution in [3.05, 3.63) is 82.2 Å². The van der Waals surface area contributed by atoms with Crippen LogP contribution >= 0.6 is 0 Å². The van der Waals surface area contributed by atoms with Gasteiger partial charge in [-0.05, 0) is 55.5 Å². The van der Waals surface area contributed by atoms with Crippen molar-refractivity contribution < 1.29 is 72.0 Å². The number of carboxylic acids is 1. The number of carbonyl (C=O) groups is 2. The smallest absolute Gasteiger partial charge is 0.550 e. The SMILES string of the molecule is CC(C)c1c(C(=O)N(C)Cc2cc(F)cc(F)c2F)nn(-c2ccc(F)cc2)c1CC[C@@H](O)C[C@@H](O)CC(=O)[O-].[Na+]. The molecular weight excluding hydrogens is 557 g/mol. The number of nitrogens with zero attached hydrogens (tertiary/aromatic N) is 3. The van der Waals surface area contributed by atoms with Crippen LogP contribution in [-0.4, -0.2) is 56.0 Å². The maximum atomic E-state index is 14.3. The summed E-state index contributed by atoms with van der Waals surface area (Å²) in [5, 5.41) is 35.5. The molecule has 1 heterocycles. The molecule has 8 nitrogen and oxygen atoms in total. The van der Waals surface area contributed by atoms with E-state index in [4.69, 9.17) is 0 Å². The number of halogens is 4. The number of rotatable bonds is 12. The summed E-state index contributed by atoms with van der Waals surface area (Å²) in [6.45, 7) is 3.15. The van der Waals surface area contributed by atoms with Gasteiger partial charge in [-0.25, -0.2) is 22.2 Å². The van der Waals surface area contributed by atoms with Crippen molar-refractivity contribution in [3.63, 3.8) is 0 Å². The first-order valence-electron chi connectivity index (χ1n) is 12.6. The number of aliphatic hydroxyl groups excluding tert-OH is 2. The van der Waals surface area contributed by atoms with E-state index in [1.807, 2.05) is 0 Å². The molecular formula is C28H30F4N3NaO5. The maximum Gasteiger partial charge on any atom is 1.00 e. The van der Waals surface area contributed by atoms with E-state index in [0.29, 0.717) is 23.0 Å². The fourth-order valence-electron chi connectivity index (χ4n) is 4.51. The van der Waals surface area contributed by atoms with Gasteiger partial charge in [-0.15, -0.1) is 0 Å². The fourth-order valence-corrected chi connectivity index (χ4v) is 4.51. The van der Waals surface area contributed by atoms with E-state index in [9.17, 15) is 42.5 Å². The predicted octanol–water partition coefficient (Wildman–Crippen LogP) is 0.0128. The first-order chi connectivity index (χ1) is 18.8. The summed E-state index contributed by atoms with van der Waals surface area (Å²) in [5.74, 6) is -6.57. The van der Waals surface area contributed by atoms with Crippen molar-refractivity contribution in [2.75, 3.05) is 7.05 Å². The maximum absolute atomic E-state index is 14.3. The molecule has 0 fully saturated rings. The summed E-state index contributed by atoms with van der Waals surface area (Å²) in [5.41, 5.74) is 0.991. The molecule has 2 N–H and O–H groups in total. The summed E-state index contributed by atoms with van der Waals surface area (Å²) < 4.78 is 56.7. The third kappa shape index (κ3) is 8.86. The second kappa shape index (κ2) is 14.9. The first-order valence-corrected chi connectivity index (χ1v) is 12.6. The molecule has 41 heavy (non-hydrogen) atoms. The largest absolute Gasteiger partial charge is 1.00 e. The number of aliphatic carboxylic acids is 1. The molecule has 0 spiro atoms. The van der Waals surface area contributed by atoms with Crippen LogP contribution in [0.1, 0.15) is 66.3 Å². The predicted molar refractivity (Wildman–Crippen MR) is 134 cm³/mol. The van der Waals surface area contributed by atoms with Crippen molar-refractivity contribution in [3.8, 4) is 5.69 Å². The van der Waals surface area contributed by atoms with E-state index < -0.39 is 60.3 Å². The molecule has 2 atom stereocenters. The van der Waals surface area contributed by atoms with Crippen molar-refractivity contribution in [1.29, 1.82) is 0 Å². The van der Waals surface area contributed by atoms with Crippen LogP contribution in [-0.2, 0) is 17.8 Å². The van der Waals surface area contributed by atoms with E-state index in [2.05, 4.69) is 5.10 Å². The Morgan fingerprint density at radius 3 is 2.24 bits per heavy atom. The van der Waals surface area contributed by atoms with Gasteiger partial charge >= 0.3 is 29.6 Å². The summed E-state index contributed by atoms with van der Waals surface area (Å²) in [6, 6.07) is 6.49. The molecule has 0 saturated carbocycles. The molecule has 0 aliphatic carbocycles. The van der Waals surface area contributed by atoms with Gasteiger partial charge in [0.2, 0.25) is 0 Å². The topological polar surface area (TPSA) is 119 Å². The van der Waals surface area contributed by atoms with Crippen molar-refractivity contribution in [2.24, 2.45) is 0 Å². The van der Waals surface area contributed by atoms with E-state index >= 15 is 0 Å². The number of carbonyl (C=O) groups excluding carboxylic acids is 2. The molecule has 1 aromatic heterocycles. The molecule has 1 amide bonds. The van der Waals surface area contributed by atoms with E-state index in [1.54, 1.807) is 13.8 Å². The number of amides is 1.